The van der Waals surface area contributed by atoms with Crippen LogP contribution in [0.5, 0.6) is 0 Å². The van der Waals surface area contributed by atoms with E-state index in [-0.39, 0.29) is 25.2 Å². The Morgan fingerprint density at radius 1 is 1.45 bits per heavy atom. The van der Waals surface area contributed by atoms with Crippen LogP contribution in [0.15, 0.2) is 0 Å². The molecule has 0 unspecified atom stereocenters. The topological polar surface area (TPSA) is 46.2 Å². The van der Waals surface area contributed by atoms with Gasteiger partial charge in [0.2, 0.25) is 0 Å². The van der Waals surface area contributed by atoms with Crippen molar-refractivity contribution in [2.75, 3.05) is 0 Å². The molecule has 0 aliphatic heterocycles. The fourth-order valence-electron chi connectivity index (χ4n) is 1.13. The summed E-state index contributed by atoms with van der Waals surface area (Å²) >= 11 is 0. The zero-order valence-corrected chi connectivity index (χ0v) is 6.78. The number of halogens is 3. The van der Waals surface area contributed by atoms with Gasteiger partial charge in [-0.25, -0.2) is 8.78 Å². The number of rotatable bonds is 0. The van der Waals surface area contributed by atoms with E-state index in [2.05, 4.69) is 0 Å². The molecule has 0 aromatic heterocycles. The third-order valence-electron chi connectivity index (χ3n) is 1.85. The molecule has 11 heavy (non-hydrogen) atoms. The van der Waals surface area contributed by atoms with E-state index in [0.717, 1.165) is 0 Å². The summed E-state index contributed by atoms with van der Waals surface area (Å²) in [5.41, 5.74) is 5.32. The minimum absolute atomic E-state index is 0. The van der Waals surface area contributed by atoms with Gasteiger partial charge in [-0.05, 0) is 6.42 Å². The maximum Gasteiger partial charge on any atom is 0.250 e. The van der Waals surface area contributed by atoms with Crippen LogP contribution in [-0.2, 0) is 0 Å². The number of hydrogen-bond donors (Lipinski definition) is 2. The first-order chi connectivity index (χ1) is 4.51. The average Bonchev–Trinajstić information content (AvgIpc) is 1.79. The van der Waals surface area contributed by atoms with E-state index in [1.807, 2.05) is 0 Å². The second-order valence-electron chi connectivity index (χ2n) is 2.83. The lowest BCUT2D eigenvalue weighted by atomic mass is 9.90. The summed E-state index contributed by atoms with van der Waals surface area (Å²) in [5, 5.41) is 8.91. The lowest BCUT2D eigenvalue weighted by molar-refractivity contribution is -0.0825. The van der Waals surface area contributed by atoms with Gasteiger partial charge in [0.25, 0.3) is 5.92 Å². The number of aliphatic hydroxyl groups is 1. The van der Waals surface area contributed by atoms with E-state index in [4.69, 9.17) is 10.8 Å². The van der Waals surface area contributed by atoms with Crippen LogP contribution < -0.4 is 5.73 Å². The van der Waals surface area contributed by atoms with Gasteiger partial charge in [-0.15, -0.1) is 12.4 Å². The van der Waals surface area contributed by atoms with Crippen molar-refractivity contribution in [3.8, 4) is 0 Å². The second kappa shape index (κ2) is 3.65. The van der Waals surface area contributed by atoms with Crippen molar-refractivity contribution in [3.63, 3.8) is 0 Å². The molecule has 0 bridgehead atoms. The molecule has 0 aromatic carbocycles. The van der Waals surface area contributed by atoms with Crippen LogP contribution in [0.4, 0.5) is 8.78 Å². The van der Waals surface area contributed by atoms with Crippen LogP contribution in [0.3, 0.4) is 0 Å². The van der Waals surface area contributed by atoms with Crippen LogP contribution in [0.2, 0.25) is 0 Å². The lowest BCUT2D eigenvalue weighted by Gasteiger charge is -2.30. The maximum absolute atomic E-state index is 12.4. The van der Waals surface area contributed by atoms with Gasteiger partial charge in [-0.2, -0.15) is 0 Å². The maximum atomic E-state index is 12.4. The number of alkyl halides is 2. The van der Waals surface area contributed by atoms with Crippen LogP contribution in [0.25, 0.3) is 0 Å². The van der Waals surface area contributed by atoms with Crippen molar-refractivity contribution in [2.45, 2.75) is 37.3 Å². The molecule has 0 saturated heterocycles. The molecule has 2 atom stereocenters. The van der Waals surface area contributed by atoms with Gasteiger partial charge in [-0.3, -0.25) is 0 Å². The van der Waals surface area contributed by atoms with E-state index in [1.165, 1.54) is 0 Å². The van der Waals surface area contributed by atoms with Gasteiger partial charge < -0.3 is 10.8 Å². The first-order valence-electron chi connectivity index (χ1n) is 3.33. The van der Waals surface area contributed by atoms with E-state index in [0.29, 0.717) is 0 Å². The minimum atomic E-state index is -2.70. The summed E-state index contributed by atoms with van der Waals surface area (Å²) in [7, 11) is 0. The molecule has 1 aliphatic carbocycles. The van der Waals surface area contributed by atoms with Crippen molar-refractivity contribution in [2.24, 2.45) is 5.73 Å². The lowest BCUT2D eigenvalue weighted by Crippen LogP contribution is -2.44. The molecule has 1 fully saturated rings. The third-order valence-corrected chi connectivity index (χ3v) is 1.85. The van der Waals surface area contributed by atoms with Gasteiger partial charge in [-0.1, -0.05) is 0 Å². The van der Waals surface area contributed by atoms with E-state index in [9.17, 15) is 8.78 Å². The van der Waals surface area contributed by atoms with Crippen LogP contribution >= 0.6 is 12.4 Å². The number of hydrogen-bond acceptors (Lipinski definition) is 2. The summed E-state index contributed by atoms with van der Waals surface area (Å²) in [6.45, 7) is 0. The molecule has 1 rings (SSSR count). The third kappa shape index (κ3) is 2.89. The zero-order valence-electron chi connectivity index (χ0n) is 5.96. The Morgan fingerprint density at radius 3 is 2.36 bits per heavy atom. The first kappa shape index (κ1) is 11.1. The molecular formula is C6H12ClF2NO. The van der Waals surface area contributed by atoms with Crippen LogP contribution in [0, 0.1) is 0 Å². The number of nitrogens with two attached hydrogens (primary N) is 1. The molecule has 3 N–H and O–H groups in total. The summed E-state index contributed by atoms with van der Waals surface area (Å²) in [4.78, 5) is 0. The molecule has 1 saturated carbocycles. The highest BCUT2D eigenvalue weighted by molar-refractivity contribution is 5.85. The Hall–Kier alpha value is 0.0700. The molecule has 1 aliphatic rings. The average molecular weight is 188 g/mol. The molecule has 0 spiro atoms. The van der Waals surface area contributed by atoms with E-state index in [1.54, 1.807) is 0 Å². The monoisotopic (exact) mass is 187 g/mol. The van der Waals surface area contributed by atoms with Gasteiger partial charge in [0.05, 0.1) is 6.10 Å². The first-order valence-corrected chi connectivity index (χ1v) is 3.33. The summed E-state index contributed by atoms with van der Waals surface area (Å²) in [6, 6.07) is -0.459. The molecule has 68 valence electrons. The second-order valence-corrected chi connectivity index (χ2v) is 2.83. The van der Waals surface area contributed by atoms with Crippen molar-refractivity contribution >= 4 is 12.4 Å². The fourth-order valence-corrected chi connectivity index (χ4v) is 1.13. The predicted molar refractivity (Wildman–Crippen MR) is 40.0 cm³/mol. The summed E-state index contributed by atoms with van der Waals surface area (Å²) in [6.07, 6.45) is -1.48. The van der Waals surface area contributed by atoms with Crippen molar-refractivity contribution in [3.05, 3.63) is 0 Å². The van der Waals surface area contributed by atoms with Gasteiger partial charge in [0, 0.05) is 18.9 Å². The SMILES string of the molecule is Cl.N[C@@H]1CCC(F)(F)C[C@@H]1O. The Kier molecular flexibility index (Phi) is 3.67. The molecule has 0 aromatic rings. The Bertz CT molecular complexity index is 134. The molecular weight excluding hydrogens is 176 g/mol. The van der Waals surface area contributed by atoms with Gasteiger partial charge >= 0.3 is 0 Å². The highest BCUT2D eigenvalue weighted by Gasteiger charge is 2.39. The largest absolute Gasteiger partial charge is 0.391 e. The number of aliphatic hydroxyl groups excluding tert-OH is 1. The summed E-state index contributed by atoms with van der Waals surface area (Å²) < 4.78 is 24.8. The van der Waals surface area contributed by atoms with Crippen molar-refractivity contribution in [1.82, 2.24) is 0 Å². The van der Waals surface area contributed by atoms with E-state index >= 15 is 0 Å². The quantitative estimate of drug-likeness (QED) is 0.593. The molecule has 2 nitrogen and oxygen atoms in total. The Labute approximate surface area is 70.2 Å². The normalized spacial score (nSPS) is 36.0. The highest BCUT2D eigenvalue weighted by Crippen LogP contribution is 2.32. The molecule has 0 radical (unpaired) electrons. The Balaban J connectivity index is 0.000001000. The smallest absolute Gasteiger partial charge is 0.250 e. The zero-order chi connectivity index (χ0) is 7.78. The molecule has 0 heterocycles. The van der Waals surface area contributed by atoms with Crippen LogP contribution in [-0.4, -0.2) is 23.2 Å². The summed E-state index contributed by atoms with van der Waals surface area (Å²) in [5.74, 6) is -2.70. The molecule has 0 amide bonds. The van der Waals surface area contributed by atoms with Gasteiger partial charge in [0.1, 0.15) is 0 Å². The Morgan fingerprint density at radius 2 is 2.00 bits per heavy atom. The standard InChI is InChI=1S/C6H11F2NO.ClH/c7-6(8)2-1-4(9)5(10)3-6;/h4-5,10H,1-3,9H2;1H/t4-,5+;/m1./s1. The molecule has 5 heteroatoms. The van der Waals surface area contributed by atoms with E-state index < -0.39 is 24.5 Å². The van der Waals surface area contributed by atoms with Crippen LogP contribution in [0.1, 0.15) is 19.3 Å². The minimum Gasteiger partial charge on any atom is -0.391 e. The highest BCUT2D eigenvalue weighted by atomic mass is 35.5. The van der Waals surface area contributed by atoms with Gasteiger partial charge in [0.15, 0.2) is 0 Å². The van der Waals surface area contributed by atoms with Crippen molar-refractivity contribution in [1.29, 1.82) is 0 Å². The predicted octanol–water partition coefficient (Wildman–Crippen LogP) is 0.916. The van der Waals surface area contributed by atoms with Crippen molar-refractivity contribution < 1.29 is 13.9 Å². The fraction of sp³-hybridized carbons (Fsp3) is 1.00.